The van der Waals surface area contributed by atoms with E-state index >= 15 is 0 Å². The molecule has 0 spiro atoms. The van der Waals surface area contributed by atoms with Crippen molar-refractivity contribution < 1.29 is 4.79 Å². The third kappa shape index (κ3) is 6.11. The first kappa shape index (κ1) is 9.98. The minimum absolute atomic E-state index is 0.187. The Morgan fingerprint density at radius 3 is 2.40 bits per heavy atom. The first-order valence-corrected chi connectivity index (χ1v) is 3.86. The topological polar surface area (TPSA) is 20.3 Å². The van der Waals surface area contributed by atoms with Gasteiger partial charge in [0.15, 0.2) is 0 Å². The number of carbonyl (C=O) groups is 1. The van der Waals surface area contributed by atoms with Crippen LogP contribution in [0, 0.1) is 0 Å². The summed E-state index contributed by atoms with van der Waals surface area (Å²) in [5.74, 6) is 0.210. The van der Waals surface area contributed by atoms with Gasteiger partial charge < -0.3 is 4.90 Å². The fourth-order valence-corrected chi connectivity index (χ4v) is 1.40. The molecule has 0 saturated carbocycles. The lowest BCUT2D eigenvalue weighted by molar-refractivity contribution is -0.117. The zero-order valence-corrected chi connectivity index (χ0v) is 7.69. The third-order valence-electron chi connectivity index (χ3n) is 1.10. The standard InChI is InChI=1S/C7H15NOS/c1-6(9)4-7(10)5-8(2)3/h7,10H,4-5H2,1-3H3. The van der Waals surface area contributed by atoms with Crippen LogP contribution in [0.5, 0.6) is 0 Å². The van der Waals surface area contributed by atoms with Crippen molar-refractivity contribution in [1.82, 2.24) is 4.90 Å². The van der Waals surface area contributed by atoms with Crippen LogP contribution in [0.2, 0.25) is 0 Å². The molecule has 0 aromatic carbocycles. The number of ketones is 1. The van der Waals surface area contributed by atoms with Gasteiger partial charge in [-0.05, 0) is 21.0 Å². The first-order chi connectivity index (χ1) is 4.52. The minimum atomic E-state index is 0.187. The largest absolute Gasteiger partial charge is 0.308 e. The number of carbonyl (C=O) groups excluding carboxylic acids is 1. The molecular weight excluding hydrogens is 146 g/mol. The van der Waals surface area contributed by atoms with Crippen molar-refractivity contribution in [2.24, 2.45) is 0 Å². The molecule has 0 aliphatic heterocycles. The molecule has 0 aliphatic rings. The molecule has 0 N–H and O–H groups in total. The number of Topliss-reactive ketones (excluding diaryl/α,β-unsaturated/α-hetero) is 1. The number of rotatable bonds is 4. The fraction of sp³-hybridized carbons (Fsp3) is 0.857. The Bertz CT molecular complexity index is 114. The number of thiol groups is 1. The average molecular weight is 161 g/mol. The highest BCUT2D eigenvalue weighted by atomic mass is 32.1. The summed E-state index contributed by atoms with van der Waals surface area (Å²) in [4.78, 5) is 12.6. The van der Waals surface area contributed by atoms with Gasteiger partial charge in [-0.1, -0.05) is 0 Å². The Balaban J connectivity index is 3.43. The maximum absolute atomic E-state index is 10.6. The summed E-state index contributed by atoms with van der Waals surface area (Å²) in [6, 6.07) is 0. The Morgan fingerprint density at radius 1 is 1.60 bits per heavy atom. The van der Waals surface area contributed by atoms with Gasteiger partial charge in [0.25, 0.3) is 0 Å². The third-order valence-corrected chi connectivity index (χ3v) is 1.44. The summed E-state index contributed by atoms with van der Waals surface area (Å²) in [7, 11) is 3.95. The smallest absolute Gasteiger partial charge is 0.130 e. The van der Waals surface area contributed by atoms with E-state index in [0.717, 1.165) is 6.54 Å². The lowest BCUT2D eigenvalue weighted by Gasteiger charge is -2.14. The molecule has 10 heavy (non-hydrogen) atoms. The van der Waals surface area contributed by atoms with Gasteiger partial charge in [-0.2, -0.15) is 12.6 Å². The normalized spacial score (nSPS) is 13.7. The zero-order chi connectivity index (χ0) is 8.15. The highest BCUT2D eigenvalue weighted by Crippen LogP contribution is 2.02. The molecule has 0 aromatic rings. The van der Waals surface area contributed by atoms with E-state index in [-0.39, 0.29) is 11.0 Å². The minimum Gasteiger partial charge on any atom is -0.308 e. The SMILES string of the molecule is CC(=O)CC(S)CN(C)C. The highest BCUT2D eigenvalue weighted by Gasteiger charge is 2.06. The van der Waals surface area contributed by atoms with Crippen LogP contribution in [0.1, 0.15) is 13.3 Å². The summed E-state index contributed by atoms with van der Waals surface area (Å²) in [6.45, 7) is 2.46. The van der Waals surface area contributed by atoms with Crippen molar-refractivity contribution in [3.63, 3.8) is 0 Å². The maximum atomic E-state index is 10.6. The molecule has 0 aliphatic carbocycles. The van der Waals surface area contributed by atoms with Gasteiger partial charge in [0, 0.05) is 18.2 Å². The van der Waals surface area contributed by atoms with Crippen LogP contribution in [0.25, 0.3) is 0 Å². The van der Waals surface area contributed by atoms with Crippen LogP contribution in [0.3, 0.4) is 0 Å². The molecule has 60 valence electrons. The van der Waals surface area contributed by atoms with Crippen molar-refractivity contribution in [1.29, 1.82) is 0 Å². The quantitative estimate of drug-likeness (QED) is 0.616. The molecule has 0 radical (unpaired) electrons. The second kappa shape index (κ2) is 4.74. The average Bonchev–Trinajstić information content (AvgIpc) is 1.58. The van der Waals surface area contributed by atoms with Crippen molar-refractivity contribution in [3.05, 3.63) is 0 Å². The van der Waals surface area contributed by atoms with E-state index in [1.165, 1.54) is 0 Å². The van der Waals surface area contributed by atoms with E-state index in [1.807, 2.05) is 19.0 Å². The van der Waals surface area contributed by atoms with Crippen molar-refractivity contribution in [2.75, 3.05) is 20.6 Å². The predicted molar refractivity (Wildman–Crippen MR) is 46.6 cm³/mol. The lowest BCUT2D eigenvalue weighted by atomic mass is 10.2. The Morgan fingerprint density at radius 2 is 2.10 bits per heavy atom. The molecule has 0 fully saturated rings. The molecule has 0 bridgehead atoms. The van der Waals surface area contributed by atoms with Crippen molar-refractivity contribution >= 4 is 18.4 Å². The summed E-state index contributed by atoms with van der Waals surface area (Å²) in [5.41, 5.74) is 0. The van der Waals surface area contributed by atoms with E-state index in [2.05, 4.69) is 12.6 Å². The second-order valence-electron chi connectivity index (χ2n) is 2.82. The Hall–Kier alpha value is -0.0200. The molecule has 1 unspecified atom stereocenters. The van der Waals surface area contributed by atoms with Crippen molar-refractivity contribution in [3.8, 4) is 0 Å². The molecule has 0 saturated heterocycles. The van der Waals surface area contributed by atoms with E-state index in [0.29, 0.717) is 6.42 Å². The fourth-order valence-electron chi connectivity index (χ4n) is 0.818. The van der Waals surface area contributed by atoms with Gasteiger partial charge in [0.1, 0.15) is 5.78 Å². The van der Waals surface area contributed by atoms with Gasteiger partial charge in [-0.3, -0.25) is 4.79 Å². The molecule has 1 atom stereocenters. The summed E-state index contributed by atoms with van der Waals surface area (Å²) in [6.07, 6.45) is 0.571. The van der Waals surface area contributed by atoms with Crippen LogP contribution in [-0.4, -0.2) is 36.6 Å². The highest BCUT2D eigenvalue weighted by molar-refractivity contribution is 7.81. The van der Waals surface area contributed by atoms with E-state index < -0.39 is 0 Å². The number of hydrogen-bond acceptors (Lipinski definition) is 3. The van der Waals surface area contributed by atoms with Crippen LogP contribution in [0.4, 0.5) is 0 Å². The number of nitrogens with zero attached hydrogens (tertiary/aromatic N) is 1. The summed E-state index contributed by atoms with van der Waals surface area (Å²) in [5, 5.41) is 0.187. The second-order valence-corrected chi connectivity index (χ2v) is 3.55. The molecule has 3 heteroatoms. The Kier molecular flexibility index (Phi) is 4.73. The van der Waals surface area contributed by atoms with E-state index in [4.69, 9.17) is 0 Å². The lowest BCUT2D eigenvalue weighted by Crippen LogP contribution is -2.23. The molecule has 0 heterocycles. The van der Waals surface area contributed by atoms with E-state index in [9.17, 15) is 4.79 Å². The van der Waals surface area contributed by atoms with Gasteiger partial charge in [-0.15, -0.1) is 0 Å². The summed E-state index contributed by atoms with van der Waals surface area (Å²) < 4.78 is 0. The molecule has 0 aromatic heterocycles. The molecule has 0 amide bonds. The first-order valence-electron chi connectivity index (χ1n) is 3.34. The predicted octanol–water partition coefficient (Wildman–Crippen LogP) is 0.826. The molecule has 2 nitrogen and oxygen atoms in total. The number of hydrogen-bond donors (Lipinski definition) is 1. The van der Waals surface area contributed by atoms with Gasteiger partial charge in [-0.25, -0.2) is 0 Å². The zero-order valence-electron chi connectivity index (χ0n) is 6.79. The van der Waals surface area contributed by atoms with Crippen molar-refractivity contribution in [2.45, 2.75) is 18.6 Å². The van der Waals surface area contributed by atoms with Crippen LogP contribution in [0.15, 0.2) is 0 Å². The maximum Gasteiger partial charge on any atom is 0.130 e. The van der Waals surface area contributed by atoms with Gasteiger partial charge >= 0.3 is 0 Å². The van der Waals surface area contributed by atoms with Crippen LogP contribution < -0.4 is 0 Å². The summed E-state index contributed by atoms with van der Waals surface area (Å²) >= 11 is 4.25. The molecular formula is C7H15NOS. The van der Waals surface area contributed by atoms with Crippen LogP contribution >= 0.6 is 12.6 Å². The molecule has 0 rings (SSSR count). The monoisotopic (exact) mass is 161 g/mol. The Labute approximate surface area is 68.0 Å². The van der Waals surface area contributed by atoms with Gasteiger partial charge in [0.2, 0.25) is 0 Å². The van der Waals surface area contributed by atoms with Crippen LogP contribution in [-0.2, 0) is 4.79 Å². The van der Waals surface area contributed by atoms with E-state index in [1.54, 1.807) is 6.92 Å². The van der Waals surface area contributed by atoms with Gasteiger partial charge in [0.05, 0.1) is 0 Å².